The molecule has 21 heavy (non-hydrogen) atoms. The molecule has 0 radical (unpaired) electrons. The van der Waals surface area contributed by atoms with E-state index in [1.165, 1.54) is 38.5 Å². The van der Waals surface area contributed by atoms with Crippen LogP contribution in [0.15, 0.2) is 18.2 Å². The average Bonchev–Trinajstić information content (AvgIpc) is 2.53. The maximum atomic E-state index is 10.4. The van der Waals surface area contributed by atoms with E-state index in [-0.39, 0.29) is 0 Å². The summed E-state index contributed by atoms with van der Waals surface area (Å²) >= 11 is 0. The van der Waals surface area contributed by atoms with Gasteiger partial charge in [-0.3, -0.25) is 0 Å². The van der Waals surface area contributed by atoms with Crippen molar-refractivity contribution in [2.45, 2.75) is 64.4 Å². The summed E-state index contributed by atoms with van der Waals surface area (Å²) in [6.07, 6.45) is 9.20. The van der Waals surface area contributed by atoms with Gasteiger partial charge in [0.05, 0.1) is 6.10 Å². The number of hydrogen-bond acceptors (Lipinski definition) is 3. The minimum absolute atomic E-state index is 0.447. The third-order valence-electron chi connectivity index (χ3n) is 4.04. The van der Waals surface area contributed by atoms with Gasteiger partial charge in [0.1, 0.15) is 13.2 Å². The van der Waals surface area contributed by atoms with Crippen LogP contribution in [-0.2, 0) is 0 Å². The highest BCUT2D eigenvalue weighted by Crippen LogP contribution is 2.38. The first kappa shape index (κ1) is 16.2. The smallest absolute Gasteiger partial charge is 0.167 e. The van der Waals surface area contributed by atoms with E-state index in [1.54, 1.807) is 0 Å². The standard InChI is InChI=1S/C18H28O3/c1-2-3-4-5-6-7-8-11-16(19)15-10-9-12-17-18(15)21-14-13-20-17/h9-10,12,16,19H,2-8,11,13-14H2,1H3. The lowest BCUT2D eigenvalue weighted by molar-refractivity contribution is 0.139. The molecular formula is C18H28O3. The van der Waals surface area contributed by atoms with Crippen LogP contribution < -0.4 is 9.47 Å². The minimum atomic E-state index is -0.447. The highest BCUT2D eigenvalue weighted by Gasteiger charge is 2.20. The first-order valence-corrected chi connectivity index (χ1v) is 8.39. The van der Waals surface area contributed by atoms with Crippen LogP contribution in [0.25, 0.3) is 0 Å². The lowest BCUT2D eigenvalue weighted by Gasteiger charge is -2.23. The Bertz CT molecular complexity index is 417. The Kier molecular flexibility index (Phi) is 6.87. The Morgan fingerprint density at radius 3 is 2.52 bits per heavy atom. The van der Waals surface area contributed by atoms with Crippen molar-refractivity contribution in [1.82, 2.24) is 0 Å². The summed E-state index contributed by atoms with van der Waals surface area (Å²) in [5.41, 5.74) is 0.873. The van der Waals surface area contributed by atoms with Gasteiger partial charge < -0.3 is 14.6 Å². The number of para-hydroxylation sites is 1. The molecule has 3 nitrogen and oxygen atoms in total. The highest BCUT2D eigenvalue weighted by molar-refractivity contribution is 5.48. The van der Waals surface area contributed by atoms with Crippen LogP contribution >= 0.6 is 0 Å². The molecule has 0 saturated carbocycles. The van der Waals surface area contributed by atoms with Crippen LogP contribution in [-0.4, -0.2) is 18.3 Å². The highest BCUT2D eigenvalue weighted by atomic mass is 16.6. The van der Waals surface area contributed by atoms with Gasteiger partial charge in [-0.05, 0) is 12.5 Å². The second kappa shape index (κ2) is 8.93. The maximum absolute atomic E-state index is 10.4. The van der Waals surface area contributed by atoms with Gasteiger partial charge in [-0.25, -0.2) is 0 Å². The molecular weight excluding hydrogens is 264 g/mol. The largest absolute Gasteiger partial charge is 0.486 e. The summed E-state index contributed by atoms with van der Waals surface area (Å²) in [5.74, 6) is 1.50. The van der Waals surface area contributed by atoms with E-state index in [4.69, 9.17) is 9.47 Å². The molecule has 0 aliphatic carbocycles. The molecule has 0 saturated heterocycles. The summed E-state index contributed by atoms with van der Waals surface area (Å²) in [7, 11) is 0. The number of aliphatic hydroxyl groups excluding tert-OH is 1. The Labute approximate surface area is 128 Å². The molecule has 0 aromatic heterocycles. The van der Waals surface area contributed by atoms with Gasteiger partial charge in [0, 0.05) is 5.56 Å². The monoisotopic (exact) mass is 292 g/mol. The van der Waals surface area contributed by atoms with Crippen molar-refractivity contribution in [2.75, 3.05) is 13.2 Å². The molecule has 0 spiro atoms. The molecule has 118 valence electrons. The Morgan fingerprint density at radius 1 is 1.00 bits per heavy atom. The third kappa shape index (κ3) is 4.92. The lowest BCUT2D eigenvalue weighted by Crippen LogP contribution is -2.17. The van der Waals surface area contributed by atoms with Crippen molar-refractivity contribution in [3.05, 3.63) is 23.8 Å². The molecule has 1 aliphatic heterocycles. The molecule has 0 fully saturated rings. The van der Waals surface area contributed by atoms with E-state index in [1.807, 2.05) is 18.2 Å². The van der Waals surface area contributed by atoms with Crippen molar-refractivity contribution in [3.8, 4) is 11.5 Å². The van der Waals surface area contributed by atoms with Crippen LogP contribution in [0.4, 0.5) is 0 Å². The van der Waals surface area contributed by atoms with E-state index in [0.29, 0.717) is 13.2 Å². The Morgan fingerprint density at radius 2 is 1.71 bits per heavy atom. The summed E-state index contributed by atoms with van der Waals surface area (Å²) in [5, 5.41) is 10.4. The van der Waals surface area contributed by atoms with Gasteiger partial charge in [0.15, 0.2) is 11.5 Å². The molecule has 1 aliphatic rings. The van der Waals surface area contributed by atoms with Crippen LogP contribution in [0.3, 0.4) is 0 Å². The van der Waals surface area contributed by atoms with Crippen LogP contribution in [0, 0.1) is 0 Å². The third-order valence-corrected chi connectivity index (χ3v) is 4.04. The second-order valence-electron chi connectivity index (χ2n) is 5.80. The van der Waals surface area contributed by atoms with E-state index in [9.17, 15) is 5.11 Å². The van der Waals surface area contributed by atoms with Crippen molar-refractivity contribution in [3.63, 3.8) is 0 Å². The van der Waals surface area contributed by atoms with E-state index >= 15 is 0 Å². The average molecular weight is 292 g/mol. The van der Waals surface area contributed by atoms with E-state index < -0.39 is 6.10 Å². The van der Waals surface area contributed by atoms with Crippen LogP contribution in [0.5, 0.6) is 11.5 Å². The number of fused-ring (bicyclic) bond motifs is 1. The first-order valence-electron chi connectivity index (χ1n) is 8.39. The van der Waals surface area contributed by atoms with Crippen molar-refractivity contribution >= 4 is 0 Å². The number of ether oxygens (including phenoxy) is 2. The molecule has 1 aromatic carbocycles. The summed E-state index contributed by atoms with van der Waals surface area (Å²) < 4.78 is 11.2. The second-order valence-corrected chi connectivity index (χ2v) is 5.80. The summed E-state index contributed by atoms with van der Waals surface area (Å²) in [4.78, 5) is 0. The number of hydrogen-bond donors (Lipinski definition) is 1. The van der Waals surface area contributed by atoms with Gasteiger partial charge in [-0.2, -0.15) is 0 Å². The van der Waals surface area contributed by atoms with Crippen molar-refractivity contribution in [2.24, 2.45) is 0 Å². The fourth-order valence-corrected chi connectivity index (χ4v) is 2.81. The predicted octanol–water partition coefficient (Wildman–Crippen LogP) is 4.63. The van der Waals surface area contributed by atoms with Gasteiger partial charge in [0.25, 0.3) is 0 Å². The fourth-order valence-electron chi connectivity index (χ4n) is 2.81. The molecule has 2 rings (SSSR count). The van der Waals surface area contributed by atoms with Gasteiger partial charge in [-0.15, -0.1) is 0 Å². The lowest BCUT2D eigenvalue weighted by atomic mass is 10.0. The zero-order chi connectivity index (χ0) is 14.9. The topological polar surface area (TPSA) is 38.7 Å². The first-order chi connectivity index (χ1) is 10.3. The number of rotatable bonds is 9. The quantitative estimate of drug-likeness (QED) is 0.674. The van der Waals surface area contributed by atoms with E-state index in [0.717, 1.165) is 29.9 Å². The van der Waals surface area contributed by atoms with Gasteiger partial charge in [-0.1, -0.05) is 64.0 Å². The molecule has 3 heteroatoms. The van der Waals surface area contributed by atoms with Gasteiger partial charge >= 0.3 is 0 Å². The normalized spacial score (nSPS) is 15.0. The zero-order valence-corrected chi connectivity index (χ0v) is 13.1. The van der Waals surface area contributed by atoms with Gasteiger partial charge in [0.2, 0.25) is 0 Å². The number of aliphatic hydroxyl groups is 1. The molecule has 1 heterocycles. The van der Waals surface area contributed by atoms with Crippen molar-refractivity contribution in [1.29, 1.82) is 0 Å². The molecule has 1 aromatic rings. The predicted molar refractivity (Wildman–Crippen MR) is 85.0 cm³/mol. The SMILES string of the molecule is CCCCCCCCCC(O)c1cccc2c1OCCO2. The molecule has 0 bridgehead atoms. The van der Waals surface area contributed by atoms with E-state index in [2.05, 4.69) is 6.92 Å². The Balaban J connectivity index is 1.75. The summed E-state index contributed by atoms with van der Waals surface area (Å²) in [6, 6.07) is 5.77. The number of unbranched alkanes of at least 4 members (excludes halogenated alkanes) is 6. The molecule has 1 unspecified atom stereocenters. The molecule has 1 atom stereocenters. The number of benzene rings is 1. The van der Waals surface area contributed by atoms with Crippen LogP contribution in [0.2, 0.25) is 0 Å². The minimum Gasteiger partial charge on any atom is -0.486 e. The van der Waals surface area contributed by atoms with Crippen molar-refractivity contribution < 1.29 is 14.6 Å². The fraction of sp³-hybridized carbons (Fsp3) is 0.667. The Hall–Kier alpha value is -1.22. The zero-order valence-electron chi connectivity index (χ0n) is 13.1. The summed E-state index contributed by atoms with van der Waals surface area (Å²) in [6.45, 7) is 3.39. The maximum Gasteiger partial charge on any atom is 0.167 e. The van der Waals surface area contributed by atoms with Crippen LogP contribution in [0.1, 0.15) is 70.0 Å². The molecule has 0 amide bonds. The molecule has 1 N–H and O–H groups in total.